The number of imidazole rings is 1. The molecule has 3 nitrogen and oxygen atoms in total. The van der Waals surface area contributed by atoms with Crippen molar-refractivity contribution in [1.29, 1.82) is 0 Å². The van der Waals surface area contributed by atoms with Crippen molar-refractivity contribution in [1.82, 2.24) is 9.97 Å². The molecule has 1 unspecified atom stereocenters. The number of halogens is 3. The molecule has 0 radical (unpaired) electrons. The molecule has 2 aromatic rings. The van der Waals surface area contributed by atoms with E-state index in [1.165, 1.54) is 6.20 Å². The van der Waals surface area contributed by atoms with E-state index in [4.69, 9.17) is 5.73 Å². The van der Waals surface area contributed by atoms with Crippen LogP contribution in [0.25, 0.3) is 0 Å². The van der Waals surface area contributed by atoms with Crippen LogP contribution in [0.2, 0.25) is 0 Å². The van der Waals surface area contributed by atoms with Gasteiger partial charge in [0.2, 0.25) is 0 Å². The van der Waals surface area contributed by atoms with Crippen molar-refractivity contribution in [3.8, 4) is 0 Å². The van der Waals surface area contributed by atoms with Gasteiger partial charge in [-0.1, -0.05) is 6.07 Å². The van der Waals surface area contributed by atoms with Crippen molar-refractivity contribution in [3.63, 3.8) is 0 Å². The van der Waals surface area contributed by atoms with Crippen LogP contribution in [-0.2, 0) is 6.42 Å². The van der Waals surface area contributed by atoms with Crippen molar-refractivity contribution in [2.24, 2.45) is 5.73 Å². The smallest absolute Gasteiger partial charge is 0.194 e. The van der Waals surface area contributed by atoms with Gasteiger partial charge in [-0.15, -0.1) is 0 Å². The first kappa shape index (κ1) is 11.7. The Kier molecular flexibility index (Phi) is 3.14. The van der Waals surface area contributed by atoms with Gasteiger partial charge in [-0.05, 0) is 6.07 Å². The molecule has 0 bridgehead atoms. The van der Waals surface area contributed by atoms with Gasteiger partial charge in [0.15, 0.2) is 17.5 Å². The SMILES string of the molecule is NC(Cc1ncc[nH]1)c1ccc(F)c(F)c1F. The molecule has 0 aliphatic carbocycles. The van der Waals surface area contributed by atoms with Crippen LogP contribution in [0.5, 0.6) is 0 Å². The maximum absolute atomic E-state index is 13.4. The molecule has 1 heterocycles. The maximum atomic E-state index is 13.4. The van der Waals surface area contributed by atoms with E-state index < -0.39 is 23.5 Å². The molecule has 0 saturated carbocycles. The average molecular weight is 241 g/mol. The maximum Gasteiger partial charge on any atom is 0.194 e. The molecular weight excluding hydrogens is 231 g/mol. The summed E-state index contributed by atoms with van der Waals surface area (Å²) < 4.78 is 39.1. The molecule has 2 rings (SSSR count). The van der Waals surface area contributed by atoms with Gasteiger partial charge in [0.05, 0.1) is 0 Å². The van der Waals surface area contributed by atoms with E-state index in [9.17, 15) is 13.2 Å². The fourth-order valence-corrected chi connectivity index (χ4v) is 1.56. The Morgan fingerprint density at radius 2 is 2.00 bits per heavy atom. The summed E-state index contributed by atoms with van der Waals surface area (Å²) in [6.07, 6.45) is 3.35. The molecule has 0 saturated heterocycles. The van der Waals surface area contributed by atoms with Crippen molar-refractivity contribution in [2.75, 3.05) is 0 Å². The first-order valence-electron chi connectivity index (χ1n) is 4.97. The van der Waals surface area contributed by atoms with Crippen LogP contribution in [0.15, 0.2) is 24.5 Å². The Morgan fingerprint density at radius 1 is 1.24 bits per heavy atom. The Labute approximate surface area is 95.5 Å². The second-order valence-electron chi connectivity index (χ2n) is 3.61. The number of rotatable bonds is 3. The first-order chi connectivity index (χ1) is 8.09. The highest BCUT2D eigenvalue weighted by molar-refractivity contribution is 5.24. The van der Waals surface area contributed by atoms with Crippen LogP contribution in [-0.4, -0.2) is 9.97 Å². The summed E-state index contributed by atoms with van der Waals surface area (Å²) in [5, 5.41) is 0. The number of H-pyrrole nitrogens is 1. The normalized spacial score (nSPS) is 12.7. The molecule has 3 N–H and O–H groups in total. The second kappa shape index (κ2) is 4.58. The summed E-state index contributed by atoms with van der Waals surface area (Å²) in [7, 11) is 0. The van der Waals surface area contributed by atoms with Crippen LogP contribution < -0.4 is 5.73 Å². The highest BCUT2D eigenvalue weighted by Crippen LogP contribution is 2.21. The highest BCUT2D eigenvalue weighted by atomic mass is 19.2. The lowest BCUT2D eigenvalue weighted by molar-refractivity contribution is 0.434. The molecule has 6 heteroatoms. The van der Waals surface area contributed by atoms with Crippen molar-refractivity contribution in [2.45, 2.75) is 12.5 Å². The van der Waals surface area contributed by atoms with E-state index in [0.717, 1.165) is 12.1 Å². The third-order valence-electron chi connectivity index (χ3n) is 2.43. The molecule has 1 aromatic heterocycles. The van der Waals surface area contributed by atoms with E-state index in [-0.39, 0.29) is 12.0 Å². The third-order valence-corrected chi connectivity index (χ3v) is 2.43. The minimum Gasteiger partial charge on any atom is -0.349 e. The standard InChI is InChI=1S/C11H10F3N3/c12-7-2-1-6(10(13)11(7)14)8(15)5-9-16-3-4-17-9/h1-4,8H,5,15H2,(H,16,17). The van der Waals surface area contributed by atoms with E-state index >= 15 is 0 Å². The molecule has 90 valence electrons. The number of nitrogens with one attached hydrogen (secondary N) is 1. The lowest BCUT2D eigenvalue weighted by Crippen LogP contribution is -2.17. The fraction of sp³-hybridized carbons (Fsp3) is 0.182. The van der Waals surface area contributed by atoms with E-state index in [1.807, 2.05) is 0 Å². The van der Waals surface area contributed by atoms with Crippen LogP contribution in [0.1, 0.15) is 17.4 Å². The minimum absolute atomic E-state index is 0.0692. The van der Waals surface area contributed by atoms with E-state index in [0.29, 0.717) is 5.82 Å². The lowest BCUT2D eigenvalue weighted by atomic mass is 10.0. The summed E-state index contributed by atoms with van der Waals surface area (Å²) in [5.41, 5.74) is 5.65. The minimum atomic E-state index is -1.50. The summed E-state index contributed by atoms with van der Waals surface area (Å²) in [6, 6.07) is 1.22. The Balaban J connectivity index is 2.25. The van der Waals surface area contributed by atoms with Crippen molar-refractivity contribution >= 4 is 0 Å². The molecule has 1 atom stereocenters. The number of aromatic nitrogens is 2. The van der Waals surface area contributed by atoms with Gasteiger partial charge < -0.3 is 10.7 Å². The Bertz CT molecular complexity index is 511. The summed E-state index contributed by atoms with van der Waals surface area (Å²) in [6.45, 7) is 0. The summed E-state index contributed by atoms with van der Waals surface area (Å²) in [4.78, 5) is 6.73. The number of nitrogens with zero attached hydrogens (tertiary/aromatic N) is 1. The zero-order valence-corrected chi connectivity index (χ0v) is 8.75. The van der Waals surface area contributed by atoms with Gasteiger partial charge >= 0.3 is 0 Å². The molecule has 1 aromatic carbocycles. The number of benzene rings is 1. The molecule has 0 fully saturated rings. The van der Waals surface area contributed by atoms with Crippen molar-refractivity contribution < 1.29 is 13.2 Å². The first-order valence-corrected chi connectivity index (χ1v) is 4.97. The number of hydrogen-bond donors (Lipinski definition) is 2. The molecule has 0 aliphatic heterocycles. The van der Waals surface area contributed by atoms with Gasteiger partial charge in [-0.2, -0.15) is 0 Å². The molecular formula is C11H10F3N3. The molecule has 17 heavy (non-hydrogen) atoms. The van der Waals surface area contributed by atoms with Gasteiger partial charge in [-0.3, -0.25) is 0 Å². The molecule has 0 spiro atoms. The van der Waals surface area contributed by atoms with E-state index in [2.05, 4.69) is 9.97 Å². The molecule has 0 amide bonds. The zero-order valence-electron chi connectivity index (χ0n) is 8.75. The second-order valence-corrected chi connectivity index (χ2v) is 3.61. The quantitative estimate of drug-likeness (QED) is 0.808. The number of aromatic amines is 1. The Morgan fingerprint density at radius 3 is 2.65 bits per heavy atom. The van der Waals surface area contributed by atoms with Crippen molar-refractivity contribution in [3.05, 3.63) is 53.4 Å². The monoisotopic (exact) mass is 241 g/mol. The predicted molar refractivity (Wildman–Crippen MR) is 55.5 cm³/mol. The van der Waals surface area contributed by atoms with Crippen LogP contribution in [0.3, 0.4) is 0 Å². The average Bonchev–Trinajstić information content (AvgIpc) is 2.78. The van der Waals surface area contributed by atoms with Gasteiger partial charge in [-0.25, -0.2) is 18.2 Å². The Hall–Kier alpha value is -1.82. The number of hydrogen-bond acceptors (Lipinski definition) is 2. The largest absolute Gasteiger partial charge is 0.349 e. The highest BCUT2D eigenvalue weighted by Gasteiger charge is 2.18. The zero-order chi connectivity index (χ0) is 12.4. The van der Waals surface area contributed by atoms with Crippen LogP contribution in [0.4, 0.5) is 13.2 Å². The summed E-state index contributed by atoms with van der Waals surface area (Å²) in [5.74, 6) is -3.42. The predicted octanol–water partition coefficient (Wildman–Crippen LogP) is 2.07. The topological polar surface area (TPSA) is 54.7 Å². The van der Waals surface area contributed by atoms with Gasteiger partial charge in [0, 0.05) is 30.4 Å². The van der Waals surface area contributed by atoms with Gasteiger partial charge in [0.1, 0.15) is 5.82 Å². The van der Waals surface area contributed by atoms with Gasteiger partial charge in [0.25, 0.3) is 0 Å². The summed E-state index contributed by atoms with van der Waals surface area (Å²) >= 11 is 0. The van der Waals surface area contributed by atoms with Crippen LogP contribution in [0, 0.1) is 17.5 Å². The molecule has 0 aliphatic rings. The number of nitrogens with two attached hydrogens (primary N) is 1. The fourth-order valence-electron chi connectivity index (χ4n) is 1.56. The lowest BCUT2D eigenvalue weighted by Gasteiger charge is -2.12. The van der Waals surface area contributed by atoms with Crippen LogP contribution >= 0.6 is 0 Å². The third kappa shape index (κ3) is 2.31. The van der Waals surface area contributed by atoms with E-state index in [1.54, 1.807) is 6.20 Å².